The Morgan fingerprint density at radius 2 is 1.91 bits per heavy atom. The van der Waals surface area contributed by atoms with Gasteiger partial charge in [-0.05, 0) is 67.5 Å². The molecular weight excluding hydrogens is 270 g/mol. The molecule has 0 heterocycles. The predicted octanol–water partition coefficient (Wildman–Crippen LogP) is 3.72. The van der Waals surface area contributed by atoms with Crippen molar-refractivity contribution in [2.75, 3.05) is 5.32 Å². The Morgan fingerprint density at radius 1 is 1.09 bits per heavy atom. The first-order chi connectivity index (χ1) is 10.6. The van der Waals surface area contributed by atoms with Crippen molar-refractivity contribution in [1.82, 2.24) is 0 Å². The molecule has 0 saturated carbocycles. The fourth-order valence-electron chi connectivity index (χ4n) is 3.03. The van der Waals surface area contributed by atoms with E-state index in [1.165, 1.54) is 47.1 Å². The van der Waals surface area contributed by atoms with Gasteiger partial charge < -0.3 is 11.1 Å². The second-order valence-corrected chi connectivity index (χ2v) is 6.09. The van der Waals surface area contributed by atoms with Gasteiger partial charge >= 0.3 is 0 Å². The van der Waals surface area contributed by atoms with Gasteiger partial charge in [-0.2, -0.15) is 0 Å². The molecule has 0 unspecified atom stereocenters. The van der Waals surface area contributed by atoms with Crippen LogP contribution < -0.4 is 11.1 Å². The maximum Gasteiger partial charge on any atom is 0.193 e. The van der Waals surface area contributed by atoms with Crippen LogP contribution in [-0.4, -0.2) is 5.96 Å². The van der Waals surface area contributed by atoms with Crippen molar-refractivity contribution >= 4 is 11.6 Å². The van der Waals surface area contributed by atoms with E-state index in [-0.39, 0.29) is 0 Å². The van der Waals surface area contributed by atoms with Crippen LogP contribution in [0.5, 0.6) is 0 Å². The fourth-order valence-corrected chi connectivity index (χ4v) is 3.03. The Labute approximate surface area is 132 Å². The number of benzene rings is 2. The summed E-state index contributed by atoms with van der Waals surface area (Å²) in [5.41, 5.74) is 13.7. The lowest BCUT2D eigenvalue weighted by Gasteiger charge is -2.09. The molecule has 0 spiro atoms. The Balaban J connectivity index is 1.67. The van der Waals surface area contributed by atoms with E-state index in [4.69, 9.17) is 5.73 Å². The third kappa shape index (κ3) is 3.30. The molecule has 3 rings (SSSR count). The van der Waals surface area contributed by atoms with Crippen molar-refractivity contribution in [3.05, 3.63) is 64.2 Å². The molecule has 0 saturated heterocycles. The highest BCUT2D eigenvalue weighted by molar-refractivity contribution is 5.92. The zero-order valence-electron chi connectivity index (χ0n) is 13.3. The maximum atomic E-state index is 6.02. The quantitative estimate of drug-likeness (QED) is 0.669. The van der Waals surface area contributed by atoms with Gasteiger partial charge in [-0.25, -0.2) is 4.99 Å². The van der Waals surface area contributed by atoms with E-state index < -0.39 is 0 Å². The number of nitrogens with one attached hydrogen (secondary N) is 1. The van der Waals surface area contributed by atoms with Crippen LogP contribution in [0.25, 0.3) is 0 Å². The first-order valence-corrected chi connectivity index (χ1v) is 7.87. The molecule has 1 aliphatic rings. The van der Waals surface area contributed by atoms with Crippen LogP contribution >= 0.6 is 0 Å². The zero-order valence-corrected chi connectivity index (χ0v) is 13.3. The Kier molecular flexibility index (Phi) is 4.14. The van der Waals surface area contributed by atoms with Crippen LogP contribution in [-0.2, 0) is 19.4 Å². The van der Waals surface area contributed by atoms with E-state index in [9.17, 15) is 0 Å². The molecular formula is C19H23N3. The van der Waals surface area contributed by atoms with Gasteiger partial charge in [0, 0.05) is 5.69 Å². The van der Waals surface area contributed by atoms with Gasteiger partial charge in [0.2, 0.25) is 0 Å². The Bertz CT molecular complexity index is 717. The summed E-state index contributed by atoms with van der Waals surface area (Å²) in [6.07, 6.45) is 3.63. The average Bonchev–Trinajstić information content (AvgIpc) is 2.94. The summed E-state index contributed by atoms with van der Waals surface area (Å²) >= 11 is 0. The molecule has 0 fully saturated rings. The van der Waals surface area contributed by atoms with Crippen molar-refractivity contribution in [3.63, 3.8) is 0 Å². The minimum atomic E-state index is 0.470. The van der Waals surface area contributed by atoms with Gasteiger partial charge in [-0.1, -0.05) is 29.8 Å². The van der Waals surface area contributed by atoms with E-state index in [0.717, 1.165) is 5.69 Å². The molecule has 1 aliphatic carbocycles. The number of aliphatic imine (C=N–C) groups is 1. The summed E-state index contributed by atoms with van der Waals surface area (Å²) in [6, 6.07) is 12.9. The number of hydrogen-bond acceptors (Lipinski definition) is 1. The summed E-state index contributed by atoms with van der Waals surface area (Å²) in [7, 11) is 0. The molecule has 3 heteroatoms. The molecule has 3 N–H and O–H groups in total. The van der Waals surface area contributed by atoms with Gasteiger partial charge in [0.25, 0.3) is 0 Å². The van der Waals surface area contributed by atoms with Crippen molar-refractivity contribution in [2.24, 2.45) is 10.7 Å². The molecule has 0 amide bonds. The third-order valence-corrected chi connectivity index (χ3v) is 4.29. The number of aryl methyl sites for hydroxylation is 4. The first-order valence-electron chi connectivity index (χ1n) is 7.87. The summed E-state index contributed by atoms with van der Waals surface area (Å²) < 4.78 is 0. The largest absolute Gasteiger partial charge is 0.370 e. The van der Waals surface area contributed by atoms with Gasteiger partial charge in [-0.15, -0.1) is 0 Å². The van der Waals surface area contributed by atoms with E-state index >= 15 is 0 Å². The zero-order chi connectivity index (χ0) is 15.5. The lowest BCUT2D eigenvalue weighted by molar-refractivity contribution is 0.912. The number of hydrogen-bond donors (Lipinski definition) is 2. The average molecular weight is 293 g/mol. The summed E-state index contributed by atoms with van der Waals surface area (Å²) in [6.45, 7) is 4.82. The molecule has 2 aromatic carbocycles. The molecule has 0 aliphatic heterocycles. The number of nitrogens with two attached hydrogens (primary N) is 1. The number of rotatable bonds is 3. The third-order valence-electron chi connectivity index (χ3n) is 4.29. The van der Waals surface area contributed by atoms with Crippen molar-refractivity contribution in [2.45, 2.75) is 39.7 Å². The first kappa shape index (κ1) is 14.6. The molecule has 114 valence electrons. The van der Waals surface area contributed by atoms with Crippen LogP contribution in [0.4, 0.5) is 5.69 Å². The number of anilines is 1. The second kappa shape index (κ2) is 6.22. The fraction of sp³-hybridized carbons (Fsp3) is 0.316. The SMILES string of the molecule is Cc1ccc(CN=C(N)Nc2ccc3c(c2)CCC3)c(C)c1. The highest BCUT2D eigenvalue weighted by Gasteiger charge is 2.10. The second-order valence-electron chi connectivity index (χ2n) is 6.09. The minimum Gasteiger partial charge on any atom is -0.370 e. The van der Waals surface area contributed by atoms with Crippen molar-refractivity contribution < 1.29 is 0 Å². The highest BCUT2D eigenvalue weighted by Crippen LogP contribution is 2.24. The maximum absolute atomic E-state index is 6.02. The summed E-state index contributed by atoms with van der Waals surface area (Å²) in [5.74, 6) is 0.470. The number of nitrogens with zero attached hydrogens (tertiary/aromatic N) is 1. The lowest BCUT2D eigenvalue weighted by Crippen LogP contribution is -2.22. The Hall–Kier alpha value is -2.29. The highest BCUT2D eigenvalue weighted by atomic mass is 15.1. The summed E-state index contributed by atoms with van der Waals surface area (Å²) in [5, 5.41) is 3.20. The van der Waals surface area contributed by atoms with Crippen molar-refractivity contribution in [3.8, 4) is 0 Å². The molecule has 0 aromatic heterocycles. The Morgan fingerprint density at radius 3 is 2.73 bits per heavy atom. The van der Waals surface area contributed by atoms with Gasteiger partial charge in [-0.3, -0.25) is 0 Å². The molecule has 22 heavy (non-hydrogen) atoms. The molecule has 2 aromatic rings. The minimum absolute atomic E-state index is 0.470. The van der Waals surface area contributed by atoms with E-state index in [2.05, 4.69) is 60.6 Å². The van der Waals surface area contributed by atoms with Gasteiger partial charge in [0.1, 0.15) is 0 Å². The monoisotopic (exact) mass is 293 g/mol. The van der Waals surface area contributed by atoms with E-state index in [1.807, 2.05) is 0 Å². The van der Waals surface area contributed by atoms with Gasteiger partial charge in [0.05, 0.1) is 6.54 Å². The summed E-state index contributed by atoms with van der Waals surface area (Å²) in [4.78, 5) is 4.46. The van der Waals surface area contributed by atoms with Crippen LogP contribution in [0.3, 0.4) is 0 Å². The predicted molar refractivity (Wildman–Crippen MR) is 93.3 cm³/mol. The van der Waals surface area contributed by atoms with Crippen LogP contribution in [0.15, 0.2) is 41.4 Å². The molecule has 0 bridgehead atoms. The van der Waals surface area contributed by atoms with Gasteiger partial charge in [0.15, 0.2) is 5.96 Å². The van der Waals surface area contributed by atoms with Crippen LogP contribution in [0, 0.1) is 13.8 Å². The number of fused-ring (bicyclic) bond motifs is 1. The van der Waals surface area contributed by atoms with Crippen molar-refractivity contribution in [1.29, 1.82) is 0 Å². The smallest absolute Gasteiger partial charge is 0.193 e. The standard InChI is InChI=1S/C19H23N3/c1-13-6-7-17(14(2)10-13)12-21-19(20)22-18-9-8-15-4-3-5-16(15)11-18/h6-11H,3-5,12H2,1-2H3,(H3,20,21,22). The topological polar surface area (TPSA) is 50.4 Å². The van der Waals surface area contributed by atoms with E-state index in [1.54, 1.807) is 0 Å². The normalized spacial score (nSPS) is 14.0. The van der Waals surface area contributed by atoms with Crippen LogP contribution in [0.2, 0.25) is 0 Å². The lowest BCUT2D eigenvalue weighted by atomic mass is 10.1. The molecule has 3 nitrogen and oxygen atoms in total. The molecule has 0 radical (unpaired) electrons. The van der Waals surface area contributed by atoms with E-state index in [0.29, 0.717) is 12.5 Å². The molecule has 0 atom stereocenters. The van der Waals surface area contributed by atoms with Crippen LogP contribution in [0.1, 0.15) is 34.2 Å². The number of guanidine groups is 1.